The first-order chi connectivity index (χ1) is 16.7. The van der Waals surface area contributed by atoms with E-state index >= 15 is 0 Å². The number of carbonyl (C=O) groups is 4. The van der Waals surface area contributed by atoms with Gasteiger partial charge in [0.25, 0.3) is 5.92 Å². The van der Waals surface area contributed by atoms with Crippen LogP contribution in [0.1, 0.15) is 73.1 Å². The number of carbonyl (C=O) groups excluding carboxylic acids is 4. The van der Waals surface area contributed by atoms with Crippen LogP contribution in [-0.4, -0.2) is 59.4 Å². The van der Waals surface area contributed by atoms with Gasteiger partial charge in [-0.05, 0) is 44.4 Å². The molecule has 37 heavy (non-hydrogen) atoms. The molecule has 13 heteroatoms. The standard InChI is InChI=1S/C24H35F5N4O4/c1-12(8-13-9-22(6-7-22)33-16(13)34)30-17(35)14(10-21(5)11-23(21,25)26)31-18(36)15(20(2,3)4)32-19(37)24(27,28)29/h12-15H,6-11H2,1-5H3,(H,30,35)(H,31,36)(H,32,37)(H,33,34). The third kappa shape index (κ3) is 6.70. The minimum Gasteiger partial charge on any atom is -0.352 e. The zero-order chi connectivity index (χ0) is 28.2. The minimum atomic E-state index is -5.24. The van der Waals surface area contributed by atoms with Gasteiger partial charge in [-0.1, -0.05) is 27.7 Å². The van der Waals surface area contributed by atoms with Crippen molar-refractivity contribution in [2.75, 3.05) is 0 Å². The molecule has 0 aromatic rings. The maximum Gasteiger partial charge on any atom is 0.471 e. The Kier molecular flexibility index (Phi) is 7.37. The molecular weight excluding hydrogens is 503 g/mol. The molecule has 0 aromatic heterocycles. The number of hydrogen-bond acceptors (Lipinski definition) is 4. The first-order valence-electron chi connectivity index (χ1n) is 12.4. The Morgan fingerprint density at radius 1 is 1.05 bits per heavy atom. The smallest absolute Gasteiger partial charge is 0.352 e. The molecule has 8 nitrogen and oxygen atoms in total. The molecule has 3 aliphatic rings. The van der Waals surface area contributed by atoms with E-state index < -0.39 is 71.6 Å². The van der Waals surface area contributed by atoms with E-state index in [4.69, 9.17) is 0 Å². The van der Waals surface area contributed by atoms with Gasteiger partial charge in [0.15, 0.2) is 0 Å². The van der Waals surface area contributed by atoms with E-state index in [1.807, 2.05) is 0 Å². The van der Waals surface area contributed by atoms with Crippen LogP contribution in [0, 0.1) is 16.7 Å². The van der Waals surface area contributed by atoms with Crippen molar-refractivity contribution in [3.05, 3.63) is 0 Å². The van der Waals surface area contributed by atoms with Crippen LogP contribution in [0.4, 0.5) is 22.0 Å². The molecule has 0 bridgehead atoms. The Hall–Kier alpha value is -2.47. The van der Waals surface area contributed by atoms with Gasteiger partial charge in [0.2, 0.25) is 17.7 Å². The maximum absolute atomic E-state index is 14.0. The van der Waals surface area contributed by atoms with Crippen LogP contribution in [0.15, 0.2) is 0 Å². The highest BCUT2D eigenvalue weighted by Gasteiger charge is 2.68. The van der Waals surface area contributed by atoms with Crippen molar-refractivity contribution in [3.8, 4) is 0 Å². The molecular formula is C24H35F5N4O4. The van der Waals surface area contributed by atoms with Gasteiger partial charge in [-0.25, -0.2) is 8.78 Å². The lowest BCUT2D eigenvalue weighted by molar-refractivity contribution is -0.175. The summed E-state index contributed by atoms with van der Waals surface area (Å²) >= 11 is 0. The third-order valence-electron chi connectivity index (χ3n) is 7.60. The molecule has 2 aliphatic carbocycles. The second kappa shape index (κ2) is 9.37. The number of alkyl halides is 5. The van der Waals surface area contributed by atoms with Crippen LogP contribution in [-0.2, 0) is 19.2 Å². The summed E-state index contributed by atoms with van der Waals surface area (Å²) in [4.78, 5) is 49.9. The van der Waals surface area contributed by atoms with Crippen LogP contribution in [0.3, 0.4) is 0 Å². The maximum atomic E-state index is 14.0. The van der Waals surface area contributed by atoms with E-state index in [1.165, 1.54) is 27.7 Å². The minimum absolute atomic E-state index is 0.109. The average Bonchev–Trinajstić information content (AvgIpc) is 3.53. The number of rotatable bonds is 9. The van der Waals surface area contributed by atoms with Crippen molar-refractivity contribution in [3.63, 3.8) is 0 Å². The molecule has 1 aliphatic heterocycles. The predicted molar refractivity (Wildman–Crippen MR) is 122 cm³/mol. The SMILES string of the molecule is CC(CC1CC2(CC2)NC1=O)NC(=O)C(CC1(C)CC1(F)F)NC(=O)C(NC(=O)C(F)(F)F)C(C)(C)C. The van der Waals surface area contributed by atoms with Gasteiger partial charge in [-0.15, -0.1) is 0 Å². The van der Waals surface area contributed by atoms with Gasteiger partial charge in [0.05, 0.1) is 0 Å². The topological polar surface area (TPSA) is 116 Å². The first kappa shape index (κ1) is 29.1. The van der Waals surface area contributed by atoms with E-state index in [9.17, 15) is 41.1 Å². The summed E-state index contributed by atoms with van der Waals surface area (Å²) < 4.78 is 66.5. The number of hydrogen-bond donors (Lipinski definition) is 4. The highest BCUT2D eigenvalue weighted by molar-refractivity contribution is 5.93. The van der Waals surface area contributed by atoms with Crippen LogP contribution >= 0.6 is 0 Å². The quantitative estimate of drug-likeness (QED) is 0.338. The third-order valence-corrected chi connectivity index (χ3v) is 7.60. The first-order valence-corrected chi connectivity index (χ1v) is 12.4. The Morgan fingerprint density at radius 2 is 1.62 bits per heavy atom. The Balaban J connectivity index is 1.71. The molecule has 4 amide bonds. The van der Waals surface area contributed by atoms with E-state index in [1.54, 1.807) is 12.2 Å². The molecule has 4 N–H and O–H groups in total. The van der Waals surface area contributed by atoms with Gasteiger partial charge in [0, 0.05) is 29.3 Å². The summed E-state index contributed by atoms with van der Waals surface area (Å²) in [7, 11) is 0. The fourth-order valence-corrected chi connectivity index (χ4v) is 4.95. The summed E-state index contributed by atoms with van der Waals surface area (Å²) in [6.45, 7) is 7.16. The van der Waals surface area contributed by atoms with Gasteiger partial charge < -0.3 is 21.3 Å². The molecule has 1 heterocycles. The van der Waals surface area contributed by atoms with Gasteiger partial charge in [0.1, 0.15) is 12.1 Å². The van der Waals surface area contributed by atoms with Crippen molar-refractivity contribution in [1.82, 2.24) is 21.3 Å². The molecule has 2 saturated carbocycles. The molecule has 3 rings (SSSR count). The zero-order valence-corrected chi connectivity index (χ0v) is 21.6. The molecule has 5 atom stereocenters. The molecule has 5 unspecified atom stereocenters. The summed E-state index contributed by atoms with van der Waals surface area (Å²) in [5.74, 6) is -7.71. The second-order valence-electron chi connectivity index (χ2n) is 12.3. The molecule has 210 valence electrons. The van der Waals surface area contributed by atoms with Crippen LogP contribution in [0.5, 0.6) is 0 Å². The van der Waals surface area contributed by atoms with Gasteiger partial charge in [-0.2, -0.15) is 13.2 Å². The van der Waals surface area contributed by atoms with E-state index in [2.05, 4.69) is 16.0 Å². The van der Waals surface area contributed by atoms with Gasteiger partial charge >= 0.3 is 12.1 Å². The molecule has 1 spiro atoms. The predicted octanol–water partition coefficient (Wildman–Crippen LogP) is 2.56. The lowest BCUT2D eigenvalue weighted by Gasteiger charge is -2.32. The van der Waals surface area contributed by atoms with E-state index in [-0.39, 0.29) is 17.4 Å². The van der Waals surface area contributed by atoms with Crippen LogP contribution in [0.25, 0.3) is 0 Å². The van der Waals surface area contributed by atoms with Crippen LogP contribution < -0.4 is 21.3 Å². The average molecular weight is 539 g/mol. The summed E-state index contributed by atoms with van der Waals surface area (Å²) in [5, 5.41) is 9.55. The van der Waals surface area contributed by atoms with E-state index in [0.717, 1.165) is 12.8 Å². The molecule has 0 aromatic carbocycles. The monoisotopic (exact) mass is 538 g/mol. The zero-order valence-electron chi connectivity index (χ0n) is 21.6. The molecule has 0 radical (unpaired) electrons. The van der Waals surface area contributed by atoms with Crippen molar-refractivity contribution in [1.29, 1.82) is 0 Å². The fourth-order valence-electron chi connectivity index (χ4n) is 4.95. The number of nitrogens with one attached hydrogen (secondary N) is 4. The van der Waals surface area contributed by atoms with Crippen LogP contribution in [0.2, 0.25) is 0 Å². The lowest BCUT2D eigenvalue weighted by atomic mass is 9.85. The normalized spacial score (nSPS) is 28.1. The Bertz CT molecular complexity index is 960. The van der Waals surface area contributed by atoms with Gasteiger partial charge in [-0.3, -0.25) is 19.2 Å². The summed E-state index contributed by atoms with van der Waals surface area (Å²) in [6.07, 6.45) is -3.46. The highest BCUT2D eigenvalue weighted by atomic mass is 19.4. The fraction of sp³-hybridized carbons (Fsp3) is 0.833. The Labute approximate surface area is 212 Å². The summed E-state index contributed by atoms with van der Waals surface area (Å²) in [5.41, 5.74) is -2.93. The highest BCUT2D eigenvalue weighted by Crippen LogP contribution is 2.62. The molecule has 1 saturated heterocycles. The largest absolute Gasteiger partial charge is 0.471 e. The van der Waals surface area contributed by atoms with E-state index in [0.29, 0.717) is 12.8 Å². The van der Waals surface area contributed by atoms with Crippen molar-refractivity contribution in [2.45, 2.75) is 109 Å². The molecule has 3 fully saturated rings. The van der Waals surface area contributed by atoms with Crippen molar-refractivity contribution in [2.24, 2.45) is 16.7 Å². The summed E-state index contributed by atoms with van der Waals surface area (Å²) in [6, 6.07) is -3.72. The Morgan fingerprint density at radius 3 is 2.05 bits per heavy atom. The van der Waals surface area contributed by atoms with Crippen molar-refractivity contribution >= 4 is 23.6 Å². The second-order valence-corrected chi connectivity index (χ2v) is 12.3. The number of amides is 4. The lowest BCUT2D eigenvalue weighted by Crippen LogP contribution is -2.60. The number of halogens is 5. The van der Waals surface area contributed by atoms with Crippen molar-refractivity contribution < 1.29 is 41.1 Å².